The van der Waals surface area contributed by atoms with E-state index < -0.39 is 46.1 Å². The van der Waals surface area contributed by atoms with Gasteiger partial charge in [0.15, 0.2) is 0 Å². The second-order valence-electron chi connectivity index (χ2n) is 5.73. The quantitative estimate of drug-likeness (QED) is 0.400. The van der Waals surface area contributed by atoms with E-state index in [4.69, 9.17) is 9.84 Å². The number of benzene rings is 1. The van der Waals surface area contributed by atoms with Gasteiger partial charge < -0.3 is 20.1 Å². The van der Waals surface area contributed by atoms with Crippen LogP contribution in [0.5, 0.6) is 0 Å². The van der Waals surface area contributed by atoms with Crippen LogP contribution in [-0.4, -0.2) is 45.8 Å². The molecule has 0 bridgehead atoms. The lowest BCUT2D eigenvalue weighted by Crippen LogP contribution is -2.20. The van der Waals surface area contributed by atoms with E-state index in [-0.39, 0.29) is 6.61 Å². The third-order valence-corrected chi connectivity index (χ3v) is 3.81. The van der Waals surface area contributed by atoms with Crippen LogP contribution < -0.4 is 0 Å². The van der Waals surface area contributed by atoms with E-state index in [2.05, 4.69) is 6.92 Å². The fraction of sp³-hybridized carbons (Fsp3) is 0.444. The zero-order valence-electron chi connectivity index (χ0n) is 14.5. The SMILES string of the molecule is CCCCCCCCOC(=O)c1ccc(C(=O)O)c(C(=O)O)c1C(=O)O. The summed E-state index contributed by atoms with van der Waals surface area (Å²) in [5, 5.41) is 27.5. The smallest absolute Gasteiger partial charge is 0.339 e. The van der Waals surface area contributed by atoms with E-state index in [1.165, 1.54) is 0 Å². The molecule has 0 aliphatic carbocycles. The highest BCUT2D eigenvalue weighted by molar-refractivity contribution is 6.14. The number of carbonyl (C=O) groups excluding carboxylic acids is 1. The molecule has 0 radical (unpaired) electrons. The number of aromatic carboxylic acids is 3. The van der Waals surface area contributed by atoms with Crippen LogP contribution in [0.1, 0.15) is 86.9 Å². The van der Waals surface area contributed by atoms with Crippen LogP contribution in [0.4, 0.5) is 0 Å². The number of hydrogen-bond acceptors (Lipinski definition) is 5. The Kier molecular flexibility index (Phi) is 8.27. The van der Waals surface area contributed by atoms with Crippen molar-refractivity contribution in [3.05, 3.63) is 34.4 Å². The van der Waals surface area contributed by atoms with Crippen LogP contribution in [0.25, 0.3) is 0 Å². The molecule has 8 nitrogen and oxygen atoms in total. The van der Waals surface area contributed by atoms with Crippen molar-refractivity contribution >= 4 is 23.9 Å². The van der Waals surface area contributed by atoms with Crippen molar-refractivity contribution in [2.24, 2.45) is 0 Å². The van der Waals surface area contributed by atoms with Gasteiger partial charge in [0.2, 0.25) is 0 Å². The fourth-order valence-electron chi connectivity index (χ4n) is 2.52. The molecule has 0 heterocycles. The molecular formula is C18H22O8. The van der Waals surface area contributed by atoms with Gasteiger partial charge in [-0.15, -0.1) is 0 Å². The number of rotatable bonds is 11. The Morgan fingerprint density at radius 3 is 1.81 bits per heavy atom. The molecule has 0 saturated carbocycles. The number of ether oxygens (including phenoxy) is 1. The van der Waals surface area contributed by atoms with Crippen LogP contribution >= 0.6 is 0 Å². The summed E-state index contributed by atoms with van der Waals surface area (Å²) in [6, 6.07) is 1.85. The summed E-state index contributed by atoms with van der Waals surface area (Å²) in [4.78, 5) is 46.0. The molecule has 0 amide bonds. The van der Waals surface area contributed by atoms with E-state index in [9.17, 15) is 29.4 Å². The summed E-state index contributed by atoms with van der Waals surface area (Å²) in [5.41, 5.74) is -3.02. The molecule has 0 spiro atoms. The van der Waals surface area contributed by atoms with Gasteiger partial charge in [-0.1, -0.05) is 39.0 Å². The minimum atomic E-state index is -1.75. The summed E-state index contributed by atoms with van der Waals surface area (Å²) in [6.07, 6.45) is 5.81. The molecule has 0 atom stereocenters. The monoisotopic (exact) mass is 366 g/mol. The lowest BCUT2D eigenvalue weighted by molar-refractivity contribution is 0.0485. The molecule has 0 saturated heterocycles. The number of carboxylic acids is 3. The number of carboxylic acid groups (broad SMARTS) is 3. The number of unbranched alkanes of at least 4 members (excludes halogenated alkanes) is 5. The van der Waals surface area contributed by atoms with Crippen LogP contribution in [-0.2, 0) is 4.74 Å². The minimum Gasteiger partial charge on any atom is -0.478 e. The van der Waals surface area contributed by atoms with E-state index in [0.717, 1.165) is 44.2 Å². The standard InChI is InChI=1S/C18H22O8/c1-2-3-4-5-6-7-10-26-18(25)12-9-8-11(15(19)20)13(16(21)22)14(12)17(23)24/h8-9H,2-7,10H2,1H3,(H,19,20)(H,21,22)(H,23,24). The second kappa shape index (κ2) is 10.2. The Bertz CT molecular complexity index is 693. The Labute approximate surface area is 150 Å². The summed E-state index contributed by atoms with van der Waals surface area (Å²) >= 11 is 0. The zero-order chi connectivity index (χ0) is 19.7. The highest BCUT2D eigenvalue weighted by atomic mass is 16.5. The Morgan fingerprint density at radius 2 is 1.27 bits per heavy atom. The molecule has 0 unspecified atom stereocenters. The minimum absolute atomic E-state index is 0.0765. The maximum atomic E-state index is 12.1. The highest BCUT2D eigenvalue weighted by Crippen LogP contribution is 2.21. The Morgan fingerprint density at radius 1 is 0.769 bits per heavy atom. The first-order valence-electron chi connectivity index (χ1n) is 8.35. The lowest BCUT2D eigenvalue weighted by atomic mass is 9.95. The maximum absolute atomic E-state index is 12.1. The third-order valence-electron chi connectivity index (χ3n) is 3.81. The fourth-order valence-corrected chi connectivity index (χ4v) is 2.52. The first-order valence-corrected chi connectivity index (χ1v) is 8.35. The van der Waals surface area contributed by atoms with Crippen molar-refractivity contribution in [2.75, 3.05) is 6.61 Å². The molecule has 0 fully saturated rings. The first kappa shape index (κ1) is 21.1. The molecule has 8 heteroatoms. The molecule has 1 aromatic carbocycles. The summed E-state index contributed by atoms with van der Waals surface area (Å²) in [6.45, 7) is 2.18. The van der Waals surface area contributed by atoms with Gasteiger partial charge in [0.25, 0.3) is 0 Å². The van der Waals surface area contributed by atoms with Gasteiger partial charge in [0.05, 0.1) is 28.9 Å². The summed E-state index contributed by atoms with van der Waals surface area (Å²) < 4.78 is 5.02. The van der Waals surface area contributed by atoms with Crippen molar-refractivity contribution in [1.82, 2.24) is 0 Å². The van der Waals surface area contributed by atoms with Crippen molar-refractivity contribution in [3.8, 4) is 0 Å². The van der Waals surface area contributed by atoms with Crippen molar-refractivity contribution in [1.29, 1.82) is 0 Å². The average Bonchev–Trinajstić information content (AvgIpc) is 2.59. The average molecular weight is 366 g/mol. The topological polar surface area (TPSA) is 138 Å². The normalized spacial score (nSPS) is 10.3. The van der Waals surface area contributed by atoms with Gasteiger partial charge in [0.1, 0.15) is 0 Å². The van der Waals surface area contributed by atoms with Crippen molar-refractivity contribution in [3.63, 3.8) is 0 Å². The molecule has 3 N–H and O–H groups in total. The van der Waals surface area contributed by atoms with Crippen LogP contribution in [0.15, 0.2) is 12.1 Å². The zero-order valence-corrected chi connectivity index (χ0v) is 14.5. The number of esters is 1. The molecule has 1 aromatic rings. The van der Waals surface area contributed by atoms with Gasteiger partial charge >= 0.3 is 23.9 Å². The van der Waals surface area contributed by atoms with E-state index in [1.54, 1.807) is 0 Å². The van der Waals surface area contributed by atoms with Crippen LogP contribution in [0, 0.1) is 0 Å². The van der Waals surface area contributed by atoms with Crippen LogP contribution in [0.3, 0.4) is 0 Å². The van der Waals surface area contributed by atoms with Gasteiger partial charge in [-0.05, 0) is 18.6 Å². The molecular weight excluding hydrogens is 344 g/mol. The Hall–Kier alpha value is -2.90. The molecule has 0 aliphatic rings. The molecule has 0 aliphatic heterocycles. The summed E-state index contributed by atoms with van der Waals surface area (Å²) in [7, 11) is 0. The maximum Gasteiger partial charge on any atom is 0.339 e. The van der Waals surface area contributed by atoms with Gasteiger partial charge in [0, 0.05) is 0 Å². The molecule has 142 valence electrons. The highest BCUT2D eigenvalue weighted by Gasteiger charge is 2.30. The number of carbonyl (C=O) groups is 4. The molecule has 26 heavy (non-hydrogen) atoms. The van der Waals surface area contributed by atoms with Gasteiger partial charge in [-0.25, -0.2) is 19.2 Å². The van der Waals surface area contributed by atoms with E-state index in [0.29, 0.717) is 6.42 Å². The van der Waals surface area contributed by atoms with Crippen molar-refractivity contribution < 1.29 is 39.2 Å². The third kappa shape index (κ3) is 5.58. The van der Waals surface area contributed by atoms with Gasteiger partial charge in [-0.2, -0.15) is 0 Å². The van der Waals surface area contributed by atoms with E-state index >= 15 is 0 Å². The van der Waals surface area contributed by atoms with Gasteiger partial charge in [-0.3, -0.25) is 0 Å². The molecule has 0 aromatic heterocycles. The largest absolute Gasteiger partial charge is 0.478 e. The molecule has 1 rings (SSSR count). The van der Waals surface area contributed by atoms with Crippen LogP contribution in [0.2, 0.25) is 0 Å². The van der Waals surface area contributed by atoms with Crippen molar-refractivity contribution in [2.45, 2.75) is 45.4 Å². The number of hydrogen-bond donors (Lipinski definition) is 3. The summed E-state index contributed by atoms with van der Waals surface area (Å²) in [5.74, 6) is -6.05. The lowest BCUT2D eigenvalue weighted by Gasteiger charge is -2.11. The predicted octanol–water partition coefficient (Wildman–Crippen LogP) is 3.30. The Balaban J connectivity index is 2.93. The van der Waals surface area contributed by atoms with E-state index in [1.807, 2.05) is 0 Å². The predicted molar refractivity (Wildman–Crippen MR) is 91.0 cm³/mol. The first-order chi connectivity index (χ1) is 12.3. The second-order valence-corrected chi connectivity index (χ2v) is 5.73.